The van der Waals surface area contributed by atoms with Crippen LogP contribution in [0.15, 0.2) is 17.3 Å². The van der Waals surface area contributed by atoms with Gasteiger partial charge < -0.3 is 20.6 Å². The molecule has 1 heterocycles. The van der Waals surface area contributed by atoms with Crippen molar-refractivity contribution in [1.29, 1.82) is 0 Å². The number of anilines is 1. The van der Waals surface area contributed by atoms with E-state index in [2.05, 4.69) is 5.16 Å². The van der Waals surface area contributed by atoms with Crippen LogP contribution in [-0.2, 0) is 4.74 Å². The standard InChI is InChI=1S/C14H19F2N3O2/c1-3-10-7-21-8(2)6-19(10)13-11(15)4-9(5-12(13)16)14(17)18-20/h4-5,8,10,20H,3,6-7H2,1-2H3,(H2,17,18). The van der Waals surface area contributed by atoms with Crippen molar-refractivity contribution in [1.82, 2.24) is 0 Å². The van der Waals surface area contributed by atoms with Gasteiger partial charge in [0.25, 0.3) is 0 Å². The van der Waals surface area contributed by atoms with E-state index in [4.69, 9.17) is 15.7 Å². The summed E-state index contributed by atoms with van der Waals surface area (Å²) in [5, 5.41) is 11.3. The van der Waals surface area contributed by atoms with Crippen LogP contribution in [0.1, 0.15) is 25.8 Å². The summed E-state index contributed by atoms with van der Waals surface area (Å²) in [6, 6.07) is 2.06. The van der Waals surface area contributed by atoms with E-state index in [-0.39, 0.29) is 29.2 Å². The highest BCUT2D eigenvalue weighted by Crippen LogP contribution is 2.30. The number of oxime groups is 1. The van der Waals surface area contributed by atoms with Crippen LogP contribution >= 0.6 is 0 Å². The summed E-state index contributed by atoms with van der Waals surface area (Å²) < 4.78 is 34.2. The Morgan fingerprint density at radius 2 is 2.10 bits per heavy atom. The second-order valence-electron chi connectivity index (χ2n) is 5.13. The summed E-state index contributed by atoms with van der Waals surface area (Å²) in [5.41, 5.74) is 5.28. The highest BCUT2D eigenvalue weighted by molar-refractivity contribution is 5.97. The van der Waals surface area contributed by atoms with Gasteiger partial charge in [-0.2, -0.15) is 0 Å². The second-order valence-corrected chi connectivity index (χ2v) is 5.13. The topological polar surface area (TPSA) is 71.1 Å². The molecule has 0 radical (unpaired) electrons. The minimum Gasteiger partial charge on any atom is -0.409 e. The first-order valence-corrected chi connectivity index (χ1v) is 6.83. The smallest absolute Gasteiger partial charge is 0.170 e. The van der Waals surface area contributed by atoms with Gasteiger partial charge >= 0.3 is 0 Å². The first-order chi connectivity index (χ1) is 9.97. The van der Waals surface area contributed by atoms with Crippen LogP contribution in [0.25, 0.3) is 0 Å². The Bertz CT molecular complexity index is 528. The average molecular weight is 299 g/mol. The fourth-order valence-corrected chi connectivity index (χ4v) is 2.50. The molecule has 2 atom stereocenters. The van der Waals surface area contributed by atoms with Gasteiger partial charge in [0.15, 0.2) is 5.84 Å². The Labute approximate surface area is 122 Å². The zero-order valence-corrected chi connectivity index (χ0v) is 12.0. The maximum Gasteiger partial charge on any atom is 0.170 e. The van der Waals surface area contributed by atoms with Crippen molar-refractivity contribution >= 4 is 11.5 Å². The largest absolute Gasteiger partial charge is 0.409 e. The van der Waals surface area contributed by atoms with E-state index in [9.17, 15) is 8.78 Å². The summed E-state index contributed by atoms with van der Waals surface area (Å²) in [5.74, 6) is -1.80. The van der Waals surface area contributed by atoms with E-state index in [0.717, 1.165) is 12.1 Å². The van der Waals surface area contributed by atoms with Crippen molar-refractivity contribution in [3.05, 3.63) is 29.3 Å². The molecule has 2 unspecified atom stereocenters. The van der Waals surface area contributed by atoms with Gasteiger partial charge in [-0.05, 0) is 25.5 Å². The van der Waals surface area contributed by atoms with Gasteiger partial charge in [-0.1, -0.05) is 12.1 Å². The Hall–Kier alpha value is -1.89. The quantitative estimate of drug-likeness (QED) is 0.388. The van der Waals surface area contributed by atoms with Gasteiger partial charge in [-0.15, -0.1) is 0 Å². The molecular formula is C14H19F2N3O2. The third kappa shape index (κ3) is 3.07. The monoisotopic (exact) mass is 299 g/mol. The van der Waals surface area contributed by atoms with E-state index in [1.54, 1.807) is 4.90 Å². The van der Waals surface area contributed by atoms with Crippen molar-refractivity contribution in [2.45, 2.75) is 32.4 Å². The van der Waals surface area contributed by atoms with E-state index >= 15 is 0 Å². The van der Waals surface area contributed by atoms with E-state index in [0.29, 0.717) is 19.6 Å². The lowest BCUT2D eigenvalue weighted by atomic mass is 10.1. The Balaban J connectivity index is 2.43. The van der Waals surface area contributed by atoms with Gasteiger partial charge in [0.2, 0.25) is 0 Å². The fourth-order valence-electron chi connectivity index (χ4n) is 2.50. The molecule has 0 aromatic heterocycles. The van der Waals surface area contributed by atoms with Crippen molar-refractivity contribution in [3.63, 3.8) is 0 Å². The normalized spacial score (nSPS) is 23.4. The van der Waals surface area contributed by atoms with Crippen LogP contribution < -0.4 is 10.6 Å². The molecule has 3 N–H and O–H groups in total. The highest BCUT2D eigenvalue weighted by Gasteiger charge is 2.30. The lowest BCUT2D eigenvalue weighted by molar-refractivity contribution is 0.0294. The third-order valence-electron chi connectivity index (χ3n) is 3.65. The lowest BCUT2D eigenvalue weighted by Crippen LogP contribution is -2.49. The molecule has 1 aromatic carbocycles. The van der Waals surface area contributed by atoms with E-state index < -0.39 is 11.6 Å². The number of ether oxygens (including phenoxy) is 1. The van der Waals surface area contributed by atoms with Crippen molar-refractivity contribution in [2.24, 2.45) is 10.9 Å². The number of hydrogen-bond acceptors (Lipinski definition) is 4. The second kappa shape index (κ2) is 6.26. The number of benzene rings is 1. The molecule has 116 valence electrons. The maximum atomic E-state index is 14.3. The first-order valence-electron chi connectivity index (χ1n) is 6.83. The van der Waals surface area contributed by atoms with Crippen molar-refractivity contribution < 1.29 is 18.7 Å². The van der Waals surface area contributed by atoms with Gasteiger partial charge in [0.05, 0.1) is 18.8 Å². The number of morpholine rings is 1. The molecule has 0 bridgehead atoms. The molecule has 2 rings (SSSR count). The molecule has 1 fully saturated rings. The van der Waals surface area contributed by atoms with Crippen LogP contribution in [-0.4, -0.2) is 36.3 Å². The predicted octanol–water partition coefficient (Wildman–Crippen LogP) is 2.06. The summed E-state index contributed by atoms with van der Waals surface area (Å²) >= 11 is 0. The van der Waals surface area contributed by atoms with Crippen LogP contribution in [0, 0.1) is 11.6 Å². The van der Waals surface area contributed by atoms with Crippen LogP contribution in [0.5, 0.6) is 0 Å². The summed E-state index contributed by atoms with van der Waals surface area (Å²) in [6.45, 7) is 4.64. The lowest BCUT2D eigenvalue weighted by Gasteiger charge is -2.40. The molecule has 0 saturated carbocycles. The molecule has 0 amide bonds. The molecule has 1 aliphatic rings. The van der Waals surface area contributed by atoms with Crippen molar-refractivity contribution in [3.8, 4) is 0 Å². The Morgan fingerprint density at radius 3 is 2.62 bits per heavy atom. The minimum atomic E-state index is -0.732. The van der Waals surface area contributed by atoms with Crippen molar-refractivity contribution in [2.75, 3.05) is 18.1 Å². The number of nitrogens with two attached hydrogens (primary N) is 1. The summed E-state index contributed by atoms with van der Waals surface area (Å²) in [4.78, 5) is 1.69. The Kier molecular flexibility index (Phi) is 4.62. The molecule has 1 aliphatic heterocycles. The molecule has 1 aromatic rings. The molecule has 0 spiro atoms. The molecule has 7 heteroatoms. The summed E-state index contributed by atoms with van der Waals surface area (Å²) in [7, 11) is 0. The number of hydrogen-bond donors (Lipinski definition) is 2. The maximum absolute atomic E-state index is 14.3. The molecule has 1 saturated heterocycles. The van der Waals surface area contributed by atoms with Gasteiger partial charge in [0, 0.05) is 12.1 Å². The van der Waals surface area contributed by atoms with E-state index in [1.807, 2.05) is 13.8 Å². The fraction of sp³-hybridized carbons (Fsp3) is 0.500. The summed E-state index contributed by atoms with van der Waals surface area (Å²) in [6.07, 6.45) is 0.614. The third-order valence-corrected chi connectivity index (χ3v) is 3.65. The zero-order chi connectivity index (χ0) is 15.6. The number of halogens is 2. The highest BCUT2D eigenvalue weighted by atomic mass is 19.1. The minimum absolute atomic E-state index is 0.00519. The van der Waals surface area contributed by atoms with Crippen LogP contribution in [0.2, 0.25) is 0 Å². The predicted molar refractivity (Wildman–Crippen MR) is 75.7 cm³/mol. The van der Waals surface area contributed by atoms with Gasteiger partial charge in [-0.25, -0.2) is 8.78 Å². The molecule has 5 nitrogen and oxygen atoms in total. The van der Waals surface area contributed by atoms with E-state index in [1.165, 1.54) is 0 Å². The number of rotatable bonds is 3. The van der Waals surface area contributed by atoms with Gasteiger partial charge in [0.1, 0.15) is 17.3 Å². The zero-order valence-electron chi connectivity index (χ0n) is 12.0. The molecular weight excluding hydrogens is 280 g/mol. The molecule has 21 heavy (non-hydrogen) atoms. The van der Waals surface area contributed by atoms with Crippen LogP contribution in [0.4, 0.5) is 14.5 Å². The Morgan fingerprint density at radius 1 is 1.48 bits per heavy atom. The van der Waals surface area contributed by atoms with Gasteiger partial charge in [-0.3, -0.25) is 0 Å². The SMILES string of the molecule is CCC1COC(C)CN1c1c(F)cc(C(N)=NO)cc1F. The number of nitrogens with zero attached hydrogens (tertiary/aromatic N) is 2. The average Bonchev–Trinajstić information content (AvgIpc) is 2.46. The first kappa shape index (κ1) is 15.5. The molecule has 0 aliphatic carbocycles. The number of amidine groups is 1. The van der Waals surface area contributed by atoms with Crippen LogP contribution in [0.3, 0.4) is 0 Å².